The summed E-state index contributed by atoms with van der Waals surface area (Å²) >= 11 is 0. The van der Waals surface area contributed by atoms with Gasteiger partial charge in [0.25, 0.3) is 5.91 Å². The number of carbonyl (C=O) groups is 2. The number of fused-ring (bicyclic) bond motifs is 1. The Bertz CT molecular complexity index is 1540. The Morgan fingerprint density at radius 2 is 1.82 bits per heavy atom. The Morgan fingerprint density at radius 1 is 1.15 bits per heavy atom. The van der Waals surface area contributed by atoms with Gasteiger partial charge < -0.3 is 20.9 Å². The second-order valence-electron chi connectivity index (χ2n) is 9.50. The second kappa shape index (κ2) is 10.3. The summed E-state index contributed by atoms with van der Waals surface area (Å²) in [6.07, 6.45) is 2.88. The van der Waals surface area contributed by atoms with E-state index in [4.69, 9.17) is 10.5 Å². The zero-order valence-electron chi connectivity index (χ0n) is 20.9. The SMILES string of the molecule is C[C@]1(C(N)=O)COc2c1cc(C(CO)CNC(=O)c1cnn(-c3ccc(F)cc3)c1)nc2-c1ccc(F)cc1. The maximum atomic E-state index is 13.6. The largest absolute Gasteiger partial charge is 0.489 e. The van der Waals surface area contributed by atoms with Gasteiger partial charge in [0.15, 0.2) is 0 Å². The van der Waals surface area contributed by atoms with Crippen molar-refractivity contribution < 1.29 is 28.2 Å². The third-order valence-corrected chi connectivity index (χ3v) is 6.84. The van der Waals surface area contributed by atoms with Crippen molar-refractivity contribution in [3.63, 3.8) is 0 Å². The number of aromatic nitrogens is 3. The average molecular weight is 534 g/mol. The van der Waals surface area contributed by atoms with Crippen molar-refractivity contribution in [1.82, 2.24) is 20.1 Å². The lowest BCUT2D eigenvalue weighted by molar-refractivity contribution is -0.123. The van der Waals surface area contributed by atoms with E-state index in [1.807, 2.05) is 0 Å². The van der Waals surface area contributed by atoms with E-state index in [2.05, 4.69) is 15.4 Å². The molecule has 1 aliphatic rings. The van der Waals surface area contributed by atoms with Gasteiger partial charge in [-0.3, -0.25) is 9.59 Å². The minimum absolute atomic E-state index is 0.00949. The minimum atomic E-state index is -1.14. The molecular formula is C28H25F2N5O4. The Balaban J connectivity index is 1.42. The summed E-state index contributed by atoms with van der Waals surface area (Å²) in [7, 11) is 0. The monoisotopic (exact) mass is 533 g/mol. The number of hydrogen-bond acceptors (Lipinski definition) is 6. The van der Waals surface area contributed by atoms with Crippen LogP contribution < -0.4 is 15.8 Å². The highest BCUT2D eigenvalue weighted by atomic mass is 19.1. The fourth-order valence-electron chi connectivity index (χ4n) is 4.38. The molecule has 4 N–H and O–H groups in total. The Kier molecular flexibility index (Phi) is 6.83. The number of nitrogens with two attached hydrogens (primary N) is 1. The Labute approximate surface area is 222 Å². The van der Waals surface area contributed by atoms with Crippen molar-refractivity contribution in [2.24, 2.45) is 5.73 Å². The molecule has 11 heteroatoms. The van der Waals surface area contributed by atoms with Gasteiger partial charge >= 0.3 is 0 Å². The van der Waals surface area contributed by atoms with Gasteiger partial charge in [0.05, 0.1) is 24.1 Å². The van der Waals surface area contributed by atoms with Crippen LogP contribution in [0.2, 0.25) is 0 Å². The molecule has 0 spiro atoms. The van der Waals surface area contributed by atoms with E-state index >= 15 is 0 Å². The number of halogens is 2. The zero-order chi connectivity index (χ0) is 27.7. The topological polar surface area (TPSA) is 132 Å². The van der Waals surface area contributed by atoms with E-state index in [1.54, 1.807) is 25.1 Å². The van der Waals surface area contributed by atoms with Crippen LogP contribution in [0.3, 0.4) is 0 Å². The third kappa shape index (κ3) is 4.96. The number of aliphatic hydroxyl groups is 1. The molecule has 9 nitrogen and oxygen atoms in total. The van der Waals surface area contributed by atoms with Crippen LogP contribution in [0.1, 0.15) is 34.5 Å². The molecule has 1 unspecified atom stereocenters. The standard InChI is InChI=1S/C28H25F2N5O4/c1-28(27(31)38)15-39-25-22(28)10-23(34-24(25)16-2-4-19(29)5-3-16)18(14-36)11-32-26(37)17-12-33-35(13-17)21-8-6-20(30)7-9-21/h2-10,12-13,18,36H,11,14-15H2,1H3,(H2,31,38)(H,32,37)/t18?,28-/m0/s1. The van der Waals surface area contributed by atoms with Gasteiger partial charge in [0, 0.05) is 35.5 Å². The Hall–Kier alpha value is -4.64. The maximum absolute atomic E-state index is 13.6. The molecule has 200 valence electrons. The molecular weight excluding hydrogens is 508 g/mol. The summed E-state index contributed by atoms with van der Waals surface area (Å²) in [5, 5.41) is 17.1. The summed E-state index contributed by atoms with van der Waals surface area (Å²) in [5.41, 5.74) is 7.24. The molecule has 1 aliphatic heterocycles. The molecule has 2 atom stereocenters. The summed E-state index contributed by atoms with van der Waals surface area (Å²) in [4.78, 5) is 29.9. The number of hydrogen-bond donors (Lipinski definition) is 3. The summed E-state index contributed by atoms with van der Waals surface area (Å²) in [6.45, 7) is 1.32. The van der Waals surface area contributed by atoms with Crippen LogP contribution in [0.25, 0.3) is 16.9 Å². The molecule has 2 aromatic heterocycles. The lowest BCUT2D eigenvalue weighted by Gasteiger charge is -2.21. The van der Waals surface area contributed by atoms with Gasteiger partial charge in [0.2, 0.25) is 5.91 Å². The molecule has 3 heterocycles. The van der Waals surface area contributed by atoms with Crippen molar-refractivity contribution >= 4 is 11.8 Å². The molecule has 0 aliphatic carbocycles. The van der Waals surface area contributed by atoms with Crippen LogP contribution in [0, 0.1) is 11.6 Å². The summed E-state index contributed by atoms with van der Waals surface area (Å²) in [6, 6.07) is 13.0. The van der Waals surface area contributed by atoms with Gasteiger partial charge in [-0.05, 0) is 61.5 Å². The molecule has 0 saturated heterocycles. The number of carbonyl (C=O) groups excluding carboxylic acids is 2. The average Bonchev–Trinajstić information content (AvgIpc) is 3.56. The van der Waals surface area contributed by atoms with Crippen molar-refractivity contribution in [3.8, 4) is 22.7 Å². The van der Waals surface area contributed by atoms with Gasteiger partial charge in [-0.25, -0.2) is 18.4 Å². The first kappa shape index (κ1) is 26.0. The molecule has 5 rings (SSSR count). The van der Waals surface area contributed by atoms with Crippen molar-refractivity contribution in [1.29, 1.82) is 0 Å². The molecule has 0 bridgehead atoms. The van der Waals surface area contributed by atoms with Crippen LogP contribution in [0.4, 0.5) is 8.78 Å². The summed E-state index contributed by atoms with van der Waals surface area (Å²) in [5.74, 6) is -2.12. The highest BCUT2D eigenvalue weighted by Crippen LogP contribution is 2.45. The Morgan fingerprint density at radius 3 is 2.46 bits per heavy atom. The quantitative estimate of drug-likeness (QED) is 0.319. The zero-order valence-corrected chi connectivity index (χ0v) is 20.9. The third-order valence-electron chi connectivity index (χ3n) is 6.84. The number of pyridine rings is 1. The van der Waals surface area contributed by atoms with E-state index in [9.17, 15) is 23.5 Å². The molecule has 0 fully saturated rings. The highest BCUT2D eigenvalue weighted by molar-refractivity contribution is 5.94. The number of rotatable bonds is 8. The lowest BCUT2D eigenvalue weighted by Crippen LogP contribution is -2.40. The van der Waals surface area contributed by atoms with E-state index in [0.29, 0.717) is 34.0 Å². The molecule has 39 heavy (non-hydrogen) atoms. The first-order valence-electron chi connectivity index (χ1n) is 12.1. The smallest absolute Gasteiger partial charge is 0.254 e. The van der Waals surface area contributed by atoms with E-state index in [-0.39, 0.29) is 31.1 Å². The molecule has 4 aromatic rings. The predicted octanol–water partition coefficient (Wildman–Crippen LogP) is 2.85. The number of amides is 2. The number of aliphatic hydroxyl groups excluding tert-OH is 1. The van der Waals surface area contributed by atoms with Gasteiger partial charge in [-0.15, -0.1) is 0 Å². The van der Waals surface area contributed by atoms with E-state index in [1.165, 1.54) is 53.5 Å². The van der Waals surface area contributed by atoms with Crippen molar-refractivity contribution in [2.75, 3.05) is 19.8 Å². The van der Waals surface area contributed by atoms with Crippen molar-refractivity contribution in [2.45, 2.75) is 18.3 Å². The molecule has 0 saturated carbocycles. The van der Waals surface area contributed by atoms with Gasteiger partial charge in [0.1, 0.15) is 35.1 Å². The van der Waals surface area contributed by atoms with Crippen LogP contribution >= 0.6 is 0 Å². The minimum Gasteiger partial charge on any atom is -0.489 e. The number of nitrogens with zero attached hydrogens (tertiary/aromatic N) is 3. The fourth-order valence-corrected chi connectivity index (χ4v) is 4.38. The number of nitrogens with one attached hydrogen (secondary N) is 1. The van der Waals surface area contributed by atoms with Crippen molar-refractivity contribution in [3.05, 3.63) is 95.4 Å². The van der Waals surface area contributed by atoms with E-state index < -0.39 is 29.0 Å². The molecule has 2 aromatic carbocycles. The fraction of sp³-hybridized carbons (Fsp3) is 0.214. The lowest BCUT2D eigenvalue weighted by atomic mass is 9.82. The van der Waals surface area contributed by atoms with Gasteiger partial charge in [-0.2, -0.15) is 5.10 Å². The van der Waals surface area contributed by atoms with Crippen LogP contribution in [-0.2, 0) is 10.2 Å². The van der Waals surface area contributed by atoms with Crippen LogP contribution in [-0.4, -0.2) is 51.4 Å². The molecule has 0 radical (unpaired) electrons. The first-order chi connectivity index (χ1) is 18.7. The number of primary amides is 1. The summed E-state index contributed by atoms with van der Waals surface area (Å²) < 4.78 is 34.1. The molecule has 2 amide bonds. The number of benzene rings is 2. The van der Waals surface area contributed by atoms with Gasteiger partial charge in [-0.1, -0.05) is 0 Å². The second-order valence-corrected chi connectivity index (χ2v) is 9.50. The maximum Gasteiger partial charge on any atom is 0.254 e. The normalized spacial score (nSPS) is 16.8. The first-order valence-corrected chi connectivity index (χ1v) is 12.1. The van der Waals surface area contributed by atoms with Crippen LogP contribution in [0.5, 0.6) is 5.75 Å². The van der Waals surface area contributed by atoms with Crippen LogP contribution in [0.15, 0.2) is 67.0 Å². The number of ether oxygens (including phenoxy) is 1. The van der Waals surface area contributed by atoms with E-state index in [0.717, 1.165) is 0 Å². The predicted molar refractivity (Wildman–Crippen MR) is 137 cm³/mol. The highest BCUT2D eigenvalue weighted by Gasteiger charge is 2.44.